The van der Waals surface area contributed by atoms with Crippen LogP contribution >= 0.6 is 0 Å². The van der Waals surface area contributed by atoms with Gasteiger partial charge >= 0.3 is 5.97 Å². The smallest absolute Gasteiger partial charge is 0.312 e. The molecule has 0 aromatic heterocycles. The van der Waals surface area contributed by atoms with Crippen molar-refractivity contribution in [2.45, 2.75) is 51.6 Å². The van der Waals surface area contributed by atoms with Crippen molar-refractivity contribution in [1.29, 1.82) is 0 Å². The topological polar surface area (TPSA) is 75.6 Å². The van der Waals surface area contributed by atoms with Crippen LogP contribution < -0.4 is 5.32 Å². The van der Waals surface area contributed by atoms with Crippen LogP contribution in [0.3, 0.4) is 0 Å². The number of fused-ring (bicyclic) bond motifs is 2. The maximum Gasteiger partial charge on any atom is 0.312 e. The Morgan fingerprint density at radius 3 is 2.70 bits per heavy atom. The second kappa shape index (κ2) is 4.59. The summed E-state index contributed by atoms with van der Waals surface area (Å²) < 4.78 is 5.54. The van der Waals surface area contributed by atoms with Crippen molar-refractivity contribution in [2.75, 3.05) is 13.2 Å². The number of hydrogen-bond acceptors (Lipinski definition) is 3. The SMILES string of the molecule is CC1(C)[C@H]2CC=C(CCNC(=O)C34CC(C(=O)O)(CO3)C4)[C@@H]1C2. The number of hydrogen-bond donors (Lipinski definition) is 2. The molecule has 6 aliphatic rings. The van der Waals surface area contributed by atoms with Gasteiger partial charge in [-0.3, -0.25) is 9.59 Å². The number of amides is 1. The van der Waals surface area contributed by atoms with Crippen molar-refractivity contribution in [2.24, 2.45) is 22.7 Å². The fourth-order valence-corrected chi connectivity index (χ4v) is 5.20. The second-order valence-electron chi connectivity index (χ2n) is 8.55. The van der Waals surface area contributed by atoms with Crippen LogP contribution in [-0.4, -0.2) is 35.7 Å². The summed E-state index contributed by atoms with van der Waals surface area (Å²) >= 11 is 0. The quantitative estimate of drug-likeness (QED) is 0.761. The minimum Gasteiger partial charge on any atom is -0.481 e. The number of rotatable bonds is 5. The lowest BCUT2D eigenvalue weighted by atomic mass is 9.48. The van der Waals surface area contributed by atoms with Gasteiger partial charge in [-0.2, -0.15) is 0 Å². The second-order valence-corrected chi connectivity index (χ2v) is 8.55. The van der Waals surface area contributed by atoms with Crippen molar-refractivity contribution in [3.63, 3.8) is 0 Å². The normalized spacial score (nSPS) is 42.3. The number of ether oxygens (including phenoxy) is 1. The lowest BCUT2D eigenvalue weighted by Crippen LogP contribution is -2.57. The van der Waals surface area contributed by atoms with Crippen LogP contribution in [0.2, 0.25) is 0 Å². The van der Waals surface area contributed by atoms with Crippen LogP contribution in [0.1, 0.15) is 46.0 Å². The third kappa shape index (κ3) is 1.95. The Balaban J connectivity index is 1.29. The predicted molar refractivity (Wildman–Crippen MR) is 83.7 cm³/mol. The summed E-state index contributed by atoms with van der Waals surface area (Å²) in [5.74, 6) is 0.528. The lowest BCUT2D eigenvalue weighted by molar-refractivity contribution is -0.158. The molecule has 126 valence electrons. The molecule has 1 amide bonds. The zero-order chi connectivity index (χ0) is 16.5. The van der Waals surface area contributed by atoms with Crippen LogP contribution in [0, 0.1) is 22.7 Å². The van der Waals surface area contributed by atoms with E-state index in [-0.39, 0.29) is 12.5 Å². The Hall–Kier alpha value is -1.36. The molecule has 2 aliphatic heterocycles. The minimum atomic E-state index is -0.875. The van der Waals surface area contributed by atoms with E-state index in [4.69, 9.17) is 4.74 Å². The number of allylic oxidation sites excluding steroid dienone is 1. The molecule has 0 radical (unpaired) electrons. The van der Waals surface area contributed by atoms with Crippen molar-refractivity contribution in [1.82, 2.24) is 5.32 Å². The minimum absolute atomic E-state index is 0.131. The van der Waals surface area contributed by atoms with E-state index in [1.54, 1.807) is 0 Å². The summed E-state index contributed by atoms with van der Waals surface area (Å²) in [6.07, 6.45) is 6.36. The van der Waals surface area contributed by atoms with Gasteiger partial charge in [0, 0.05) is 19.4 Å². The molecule has 6 rings (SSSR count). The van der Waals surface area contributed by atoms with E-state index < -0.39 is 17.0 Å². The van der Waals surface area contributed by atoms with Crippen LogP contribution in [0.4, 0.5) is 0 Å². The Bertz CT molecular complexity index is 600. The van der Waals surface area contributed by atoms with Crippen LogP contribution in [0.5, 0.6) is 0 Å². The van der Waals surface area contributed by atoms with Crippen LogP contribution in [0.15, 0.2) is 11.6 Å². The van der Waals surface area contributed by atoms with E-state index in [1.807, 2.05) is 0 Å². The molecule has 2 saturated carbocycles. The number of carboxylic acids is 1. The Morgan fingerprint density at radius 1 is 1.39 bits per heavy atom. The molecule has 2 heterocycles. The van der Waals surface area contributed by atoms with E-state index in [2.05, 4.69) is 25.2 Å². The van der Waals surface area contributed by atoms with Gasteiger partial charge in [0.25, 0.3) is 5.91 Å². The average molecular weight is 319 g/mol. The van der Waals surface area contributed by atoms with Gasteiger partial charge in [-0.1, -0.05) is 25.5 Å². The van der Waals surface area contributed by atoms with Crippen molar-refractivity contribution in [3.8, 4) is 0 Å². The van der Waals surface area contributed by atoms with Gasteiger partial charge < -0.3 is 15.2 Å². The molecule has 5 heteroatoms. The summed E-state index contributed by atoms with van der Waals surface area (Å²) in [6.45, 7) is 5.48. The molecule has 2 saturated heterocycles. The number of nitrogens with one attached hydrogen (secondary N) is 1. The Morgan fingerprint density at radius 2 is 2.13 bits per heavy atom. The van der Waals surface area contributed by atoms with Crippen molar-refractivity contribution in [3.05, 3.63) is 11.6 Å². The van der Waals surface area contributed by atoms with E-state index in [9.17, 15) is 14.7 Å². The molecule has 4 fully saturated rings. The standard InChI is InChI=1S/C18H25NO4/c1-16(2)12-4-3-11(13(16)7-12)5-6-19-14(20)18-8-17(9-18,10-23-18)15(21)22/h3,12-13H,4-10H2,1-2H3,(H,19,20)(H,21,22)/t12-,13-,17?,18?/m0/s1. The lowest BCUT2D eigenvalue weighted by Gasteiger charge is -2.56. The average Bonchev–Trinajstić information content (AvgIpc) is 3.04. The molecule has 4 bridgehead atoms. The first kappa shape index (κ1) is 15.2. The maximum absolute atomic E-state index is 12.4. The van der Waals surface area contributed by atoms with E-state index in [1.165, 1.54) is 18.4 Å². The molecule has 0 spiro atoms. The zero-order valence-corrected chi connectivity index (χ0v) is 13.9. The highest BCUT2D eigenvalue weighted by molar-refractivity contribution is 5.92. The number of carbonyl (C=O) groups is 2. The summed E-state index contributed by atoms with van der Waals surface area (Å²) in [7, 11) is 0. The number of carboxylic acid groups (broad SMARTS) is 1. The van der Waals surface area contributed by atoms with E-state index >= 15 is 0 Å². The molecule has 2 N–H and O–H groups in total. The highest BCUT2D eigenvalue weighted by atomic mass is 16.5. The summed E-state index contributed by atoms with van der Waals surface area (Å²) in [5.41, 5.74) is 0.209. The summed E-state index contributed by atoms with van der Waals surface area (Å²) in [6, 6.07) is 0. The van der Waals surface area contributed by atoms with Crippen molar-refractivity contribution < 1.29 is 19.4 Å². The van der Waals surface area contributed by atoms with Gasteiger partial charge in [0.1, 0.15) is 5.60 Å². The van der Waals surface area contributed by atoms with E-state index in [0.29, 0.717) is 30.7 Å². The third-order valence-electron chi connectivity index (χ3n) is 7.02. The summed E-state index contributed by atoms with van der Waals surface area (Å²) in [5, 5.41) is 12.2. The van der Waals surface area contributed by atoms with Crippen LogP contribution in [-0.2, 0) is 14.3 Å². The Labute approximate surface area is 136 Å². The van der Waals surface area contributed by atoms with Gasteiger partial charge in [0.15, 0.2) is 0 Å². The molecule has 0 aromatic rings. The van der Waals surface area contributed by atoms with Crippen molar-refractivity contribution >= 4 is 11.9 Å². The summed E-state index contributed by atoms with van der Waals surface area (Å²) in [4.78, 5) is 23.6. The molecule has 23 heavy (non-hydrogen) atoms. The number of carbonyl (C=O) groups excluding carboxylic acids is 1. The van der Waals surface area contributed by atoms with E-state index in [0.717, 1.165) is 12.3 Å². The van der Waals surface area contributed by atoms with Gasteiger partial charge in [-0.15, -0.1) is 0 Å². The predicted octanol–water partition coefficient (Wildman–Crippen LogP) is 2.12. The first-order valence-electron chi connectivity index (χ1n) is 8.64. The largest absolute Gasteiger partial charge is 0.481 e. The van der Waals surface area contributed by atoms with Gasteiger partial charge in [-0.05, 0) is 36.5 Å². The molecule has 2 atom stereocenters. The van der Waals surface area contributed by atoms with Crippen LogP contribution in [0.25, 0.3) is 0 Å². The molecule has 4 aliphatic carbocycles. The molecular formula is C18H25NO4. The van der Waals surface area contributed by atoms with Gasteiger partial charge in [0.05, 0.1) is 12.0 Å². The zero-order valence-electron chi connectivity index (χ0n) is 13.9. The first-order valence-corrected chi connectivity index (χ1v) is 8.64. The molecule has 5 nitrogen and oxygen atoms in total. The maximum atomic E-state index is 12.4. The Kier molecular flexibility index (Phi) is 3.03. The third-order valence-corrected chi connectivity index (χ3v) is 7.02. The van der Waals surface area contributed by atoms with Gasteiger partial charge in [-0.25, -0.2) is 0 Å². The fourth-order valence-electron chi connectivity index (χ4n) is 5.20. The highest BCUT2D eigenvalue weighted by Crippen LogP contribution is 2.60. The first-order chi connectivity index (χ1) is 10.8. The van der Waals surface area contributed by atoms with Gasteiger partial charge in [0.2, 0.25) is 0 Å². The fraction of sp³-hybridized carbons (Fsp3) is 0.778. The highest BCUT2D eigenvalue weighted by Gasteiger charge is 2.70. The molecule has 0 aromatic carbocycles. The monoisotopic (exact) mass is 319 g/mol. The number of aliphatic carboxylic acids is 1. The molecule has 0 unspecified atom stereocenters. The molecular weight excluding hydrogens is 294 g/mol.